The van der Waals surface area contributed by atoms with Crippen molar-refractivity contribution in [1.82, 2.24) is 4.90 Å². The predicted molar refractivity (Wildman–Crippen MR) is 163 cm³/mol. The van der Waals surface area contributed by atoms with E-state index in [-0.39, 0.29) is 19.3 Å². The number of alkyl halides is 3. The van der Waals surface area contributed by atoms with E-state index in [1.165, 1.54) is 0 Å². The SMILES string of the molecule is CN(CCOc1ccc(CC(CCCCCC(=O)O)C(=O)C(F)(F)F)cc1)C(C)(c1ccc(Cl)cc1)c1ccc(Cl)cc1. The minimum absolute atomic E-state index is 0.0442. The predicted octanol–water partition coefficient (Wildman–Crippen LogP) is 8.59. The van der Waals surface area contributed by atoms with E-state index in [9.17, 15) is 22.8 Å². The number of likely N-dealkylation sites (N-methyl/N-ethyl adjacent to an activating group) is 1. The van der Waals surface area contributed by atoms with Crippen LogP contribution in [0.1, 0.15) is 55.7 Å². The van der Waals surface area contributed by atoms with Gasteiger partial charge in [0.1, 0.15) is 12.4 Å². The third kappa shape index (κ3) is 9.98. The average molecular weight is 639 g/mol. The molecule has 1 atom stereocenters. The molecule has 0 saturated carbocycles. The van der Waals surface area contributed by atoms with Gasteiger partial charge in [0, 0.05) is 28.9 Å². The van der Waals surface area contributed by atoms with Gasteiger partial charge in [-0.25, -0.2) is 0 Å². The van der Waals surface area contributed by atoms with Gasteiger partial charge >= 0.3 is 12.1 Å². The molecule has 1 N–H and O–H groups in total. The summed E-state index contributed by atoms with van der Waals surface area (Å²) in [5, 5.41) is 10.0. The van der Waals surface area contributed by atoms with Crippen molar-refractivity contribution in [2.45, 2.75) is 57.2 Å². The molecule has 0 fully saturated rings. The molecule has 10 heteroatoms. The Morgan fingerprint density at radius 2 is 1.40 bits per heavy atom. The van der Waals surface area contributed by atoms with Crippen LogP contribution in [-0.2, 0) is 21.5 Å². The van der Waals surface area contributed by atoms with Crippen LogP contribution < -0.4 is 4.74 Å². The van der Waals surface area contributed by atoms with Crippen LogP contribution in [-0.4, -0.2) is 48.1 Å². The van der Waals surface area contributed by atoms with Gasteiger partial charge in [-0.2, -0.15) is 13.2 Å². The number of hydrogen-bond donors (Lipinski definition) is 1. The first-order valence-electron chi connectivity index (χ1n) is 14.1. The van der Waals surface area contributed by atoms with Crippen molar-refractivity contribution in [2.24, 2.45) is 5.92 Å². The summed E-state index contributed by atoms with van der Waals surface area (Å²) in [5.74, 6) is -3.36. The normalized spacial score (nSPS) is 12.7. The van der Waals surface area contributed by atoms with Crippen molar-refractivity contribution in [2.75, 3.05) is 20.2 Å². The number of nitrogens with zero attached hydrogens (tertiary/aromatic N) is 1. The molecule has 5 nitrogen and oxygen atoms in total. The molecule has 3 rings (SSSR count). The van der Waals surface area contributed by atoms with Crippen molar-refractivity contribution in [1.29, 1.82) is 0 Å². The van der Waals surface area contributed by atoms with Crippen LogP contribution >= 0.6 is 23.2 Å². The lowest BCUT2D eigenvalue weighted by Crippen LogP contribution is -2.44. The molecule has 0 bridgehead atoms. The molecule has 3 aromatic carbocycles. The number of carbonyl (C=O) groups is 2. The summed E-state index contributed by atoms with van der Waals surface area (Å²) in [5.41, 5.74) is 2.15. The minimum Gasteiger partial charge on any atom is -0.492 e. The highest BCUT2D eigenvalue weighted by molar-refractivity contribution is 6.30. The molecule has 0 aromatic heterocycles. The van der Waals surface area contributed by atoms with E-state index in [2.05, 4.69) is 11.8 Å². The van der Waals surface area contributed by atoms with Crippen molar-refractivity contribution < 1.29 is 32.6 Å². The Hall–Kier alpha value is -3.07. The lowest BCUT2D eigenvalue weighted by atomic mass is 9.83. The Labute approximate surface area is 260 Å². The lowest BCUT2D eigenvalue weighted by molar-refractivity contribution is -0.175. The molecule has 1 unspecified atom stereocenters. The summed E-state index contributed by atoms with van der Waals surface area (Å²) in [6, 6.07) is 22.1. The van der Waals surface area contributed by atoms with Crippen LogP contribution in [0.5, 0.6) is 5.75 Å². The van der Waals surface area contributed by atoms with E-state index in [1.54, 1.807) is 24.3 Å². The molecule has 0 aliphatic rings. The molecular weight excluding hydrogens is 602 g/mol. The first-order valence-corrected chi connectivity index (χ1v) is 14.8. The second-order valence-corrected chi connectivity index (χ2v) is 11.6. The second kappa shape index (κ2) is 15.6. The fourth-order valence-electron chi connectivity index (χ4n) is 5.09. The molecule has 0 radical (unpaired) electrons. The summed E-state index contributed by atoms with van der Waals surface area (Å²) in [6.45, 7) is 3.00. The largest absolute Gasteiger partial charge is 0.492 e. The molecule has 0 aliphatic heterocycles. The molecule has 0 heterocycles. The first kappa shape index (κ1) is 34.4. The third-order valence-corrected chi connectivity index (χ3v) is 8.27. The average Bonchev–Trinajstić information content (AvgIpc) is 2.96. The lowest BCUT2D eigenvalue weighted by Gasteiger charge is -2.40. The molecule has 3 aromatic rings. The van der Waals surface area contributed by atoms with Crippen LogP contribution in [0.3, 0.4) is 0 Å². The number of ether oxygens (including phenoxy) is 1. The van der Waals surface area contributed by atoms with Crippen LogP contribution in [0.4, 0.5) is 13.2 Å². The summed E-state index contributed by atoms with van der Waals surface area (Å²) in [6.07, 6.45) is -3.82. The zero-order valence-electron chi connectivity index (χ0n) is 24.2. The van der Waals surface area contributed by atoms with Gasteiger partial charge in [0.2, 0.25) is 5.78 Å². The Morgan fingerprint density at radius 1 is 0.860 bits per heavy atom. The fraction of sp³-hybridized carbons (Fsp3) is 0.394. The molecule has 0 aliphatic carbocycles. The van der Waals surface area contributed by atoms with Crippen LogP contribution in [0.25, 0.3) is 0 Å². The second-order valence-electron chi connectivity index (χ2n) is 10.8. The van der Waals surface area contributed by atoms with Crippen molar-refractivity contribution in [3.05, 3.63) is 99.5 Å². The monoisotopic (exact) mass is 637 g/mol. The number of ketones is 1. The smallest absolute Gasteiger partial charge is 0.450 e. The summed E-state index contributed by atoms with van der Waals surface area (Å²) < 4.78 is 45.7. The third-order valence-electron chi connectivity index (χ3n) is 7.77. The van der Waals surface area contributed by atoms with Crippen molar-refractivity contribution >= 4 is 35.0 Å². The van der Waals surface area contributed by atoms with Gasteiger partial charge in [-0.3, -0.25) is 14.5 Å². The Balaban J connectivity index is 1.63. The summed E-state index contributed by atoms with van der Waals surface area (Å²) in [4.78, 5) is 24.9. The van der Waals surface area contributed by atoms with Gasteiger partial charge in [-0.15, -0.1) is 0 Å². The first-order chi connectivity index (χ1) is 20.3. The maximum atomic E-state index is 13.2. The highest BCUT2D eigenvalue weighted by atomic mass is 35.5. The number of hydrogen-bond acceptors (Lipinski definition) is 4. The van der Waals surface area contributed by atoms with Gasteiger partial charge < -0.3 is 9.84 Å². The van der Waals surface area contributed by atoms with E-state index >= 15 is 0 Å². The topological polar surface area (TPSA) is 66.8 Å². The number of aliphatic carboxylic acids is 1. The van der Waals surface area contributed by atoms with Gasteiger partial charge in [0.15, 0.2) is 0 Å². The fourth-order valence-corrected chi connectivity index (χ4v) is 5.34. The van der Waals surface area contributed by atoms with Gasteiger partial charge in [0.05, 0.1) is 5.54 Å². The minimum atomic E-state index is -4.92. The highest BCUT2D eigenvalue weighted by Gasteiger charge is 2.42. The molecule has 0 saturated heterocycles. The van der Waals surface area contributed by atoms with Gasteiger partial charge in [-0.05, 0) is 86.3 Å². The summed E-state index contributed by atoms with van der Waals surface area (Å²) >= 11 is 12.3. The van der Waals surface area contributed by atoms with Crippen molar-refractivity contribution in [3.8, 4) is 5.75 Å². The Morgan fingerprint density at radius 3 is 1.88 bits per heavy atom. The number of benzene rings is 3. The number of carbonyl (C=O) groups excluding carboxylic acids is 1. The highest BCUT2D eigenvalue weighted by Crippen LogP contribution is 2.36. The van der Waals surface area contributed by atoms with E-state index in [1.807, 2.05) is 55.6 Å². The van der Waals surface area contributed by atoms with Crippen LogP contribution in [0.2, 0.25) is 10.0 Å². The van der Waals surface area contributed by atoms with Crippen molar-refractivity contribution in [3.63, 3.8) is 0 Å². The number of halogens is 5. The van der Waals surface area contributed by atoms with E-state index in [4.69, 9.17) is 33.0 Å². The van der Waals surface area contributed by atoms with E-state index in [0.717, 1.165) is 11.1 Å². The van der Waals surface area contributed by atoms with E-state index in [0.29, 0.717) is 53.8 Å². The number of carboxylic acids is 1. The van der Waals surface area contributed by atoms with Gasteiger partial charge in [-0.1, -0.05) is 72.4 Å². The molecule has 43 heavy (non-hydrogen) atoms. The zero-order chi connectivity index (χ0) is 31.6. The maximum absolute atomic E-state index is 13.2. The number of rotatable bonds is 16. The molecule has 0 spiro atoms. The van der Waals surface area contributed by atoms with Crippen LogP contribution in [0.15, 0.2) is 72.8 Å². The molecule has 232 valence electrons. The maximum Gasteiger partial charge on any atom is 0.450 e. The quantitative estimate of drug-likeness (QED) is 0.159. The van der Waals surface area contributed by atoms with Gasteiger partial charge in [0.25, 0.3) is 0 Å². The Kier molecular flexibility index (Phi) is 12.5. The number of unbranched alkanes of at least 4 members (excludes halogenated alkanes) is 2. The zero-order valence-corrected chi connectivity index (χ0v) is 25.7. The van der Waals surface area contributed by atoms with Crippen LogP contribution in [0, 0.1) is 5.92 Å². The van der Waals surface area contributed by atoms with E-state index < -0.39 is 29.4 Å². The summed E-state index contributed by atoms with van der Waals surface area (Å²) in [7, 11) is 2.00. The number of carboxylic acid groups (broad SMARTS) is 1. The molecule has 0 amide bonds. The molecular formula is C33H36Cl2F3NO4. The standard InChI is InChI=1S/C33H36Cl2F3NO4/c1-32(25-10-14-27(34)15-11-25,26-12-16-28(35)17-13-26)39(2)20-21-43-29-18-8-23(9-19-29)22-24(31(42)33(36,37)38)6-4-3-5-7-30(40)41/h8-19,24H,3-7,20-22H2,1-2H3,(H,40,41). The Bertz CT molecular complexity index is 1280. The number of Topliss-reactive ketones (excluding diaryl/α,β-unsaturated/α-hetero) is 1.